The Bertz CT molecular complexity index is 332. The van der Waals surface area contributed by atoms with Gasteiger partial charge in [0.15, 0.2) is 0 Å². The zero-order chi connectivity index (χ0) is 10.9. The van der Waals surface area contributed by atoms with Crippen LogP contribution < -0.4 is 4.65 Å². The van der Waals surface area contributed by atoms with Crippen molar-refractivity contribution in [1.29, 1.82) is 0 Å². The van der Waals surface area contributed by atoms with Crippen LogP contribution in [-0.4, -0.2) is 29.1 Å². The van der Waals surface area contributed by atoms with Gasteiger partial charge in [-0.1, -0.05) is 12.1 Å². The zero-order valence-electron chi connectivity index (χ0n) is 8.26. The summed E-state index contributed by atoms with van der Waals surface area (Å²) in [6.45, 7) is 0.163. The molecule has 4 nitrogen and oxygen atoms in total. The fraction of sp³-hybridized carbons (Fsp3) is 0.400. The monoisotopic (exact) mass is 208 g/mol. The highest BCUT2D eigenvalue weighted by atomic mass is 16.6. The number of aliphatic hydroxyl groups is 1. The van der Waals surface area contributed by atoms with Crippen LogP contribution in [0.5, 0.6) is 5.75 Å². The highest BCUT2D eigenvalue weighted by Gasteiger charge is 2.43. The normalized spacial score (nSPS) is 17.3. The Kier molecular flexibility index (Phi) is 2.69. The largest absolute Gasteiger partial charge is 0.707 e. The van der Waals surface area contributed by atoms with Gasteiger partial charge in [-0.15, -0.1) is 0 Å². The van der Waals surface area contributed by atoms with Crippen molar-refractivity contribution < 1.29 is 19.8 Å². The van der Waals surface area contributed by atoms with Crippen molar-refractivity contribution >= 4 is 7.32 Å². The second-order valence-corrected chi connectivity index (χ2v) is 3.91. The fourth-order valence-electron chi connectivity index (χ4n) is 1.70. The molecule has 0 spiro atoms. The van der Waals surface area contributed by atoms with Crippen molar-refractivity contribution in [2.75, 3.05) is 6.61 Å². The summed E-state index contributed by atoms with van der Waals surface area (Å²) in [5, 5.41) is 26.4. The quantitative estimate of drug-likeness (QED) is 0.612. The van der Waals surface area contributed by atoms with E-state index in [1.54, 1.807) is 12.1 Å². The lowest BCUT2D eigenvalue weighted by Crippen LogP contribution is -2.20. The molecule has 1 aromatic rings. The highest BCUT2D eigenvalue weighted by Crippen LogP contribution is 2.47. The minimum Gasteiger partial charge on any atom is -0.512 e. The third-order valence-electron chi connectivity index (χ3n) is 2.86. The van der Waals surface area contributed by atoms with Gasteiger partial charge in [-0.3, -0.25) is 0 Å². The molecule has 0 amide bonds. The summed E-state index contributed by atoms with van der Waals surface area (Å²) in [5.41, 5.74) is 1.01. The van der Waals surface area contributed by atoms with Crippen LogP contribution in [0.1, 0.15) is 18.4 Å². The molecule has 1 aromatic carbocycles. The number of hydrogen-bond donors (Lipinski definition) is 3. The summed E-state index contributed by atoms with van der Waals surface area (Å²) < 4.78 is 4.68. The first-order valence-corrected chi connectivity index (χ1v) is 4.90. The molecule has 0 radical (unpaired) electrons. The van der Waals surface area contributed by atoms with Gasteiger partial charge in [0.05, 0.1) is 6.61 Å². The van der Waals surface area contributed by atoms with Crippen LogP contribution in [0, 0.1) is 0 Å². The molecule has 0 aliphatic heterocycles. The van der Waals surface area contributed by atoms with Gasteiger partial charge in [0.1, 0.15) is 5.75 Å². The second-order valence-electron chi connectivity index (χ2n) is 3.91. The minimum atomic E-state index is -1.79. The third kappa shape index (κ3) is 2.14. The van der Waals surface area contributed by atoms with Gasteiger partial charge >= 0.3 is 7.32 Å². The lowest BCUT2D eigenvalue weighted by atomic mass is 9.97. The predicted octanol–water partition coefficient (Wildman–Crippen LogP) is 0.0588. The standard InChI is InChI=1S/C10H13BO4/c12-7-10(5-6-10)8-1-3-9(4-2-8)15-11(13)14/h1-4,12-14H,5-7H2. The van der Waals surface area contributed by atoms with Gasteiger partial charge < -0.3 is 19.8 Å². The van der Waals surface area contributed by atoms with Crippen molar-refractivity contribution in [2.24, 2.45) is 0 Å². The summed E-state index contributed by atoms with van der Waals surface area (Å²) in [7, 11) is -1.79. The van der Waals surface area contributed by atoms with E-state index in [0.717, 1.165) is 18.4 Å². The molecule has 1 aliphatic carbocycles. The van der Waals surface area contributed by atoms with Crippen LogP contribution in [0.25, 0.3) is 0 Å². The number of rotatable bonds is 4. The summed E-state index contributed by atoms with van der Waals surface area (Å²) in [6, 6.07) is 7.04. The average molecular weight is 208 g/mol. The SMILES string of the molecule is OCC1(c2ccc(OB(O)O)cc2)CC1. The van der Waals surface area contributed by atoms with E-state index in [-0.39, 0.29) is 12.0 Å². The van der Waals surface area contributed by atoms with E-state index in [1.807, 2.05) is 12.1 Å². The Labute approximate surface area is 88.3 Å². The van der Waals surface area contributed by atoms with Crippen LogP contribution in [0.4, 0.5) is 0 Å². The number of hydrogen-bond acceptors (Lipinski definition) is 4. The molecule has 80 valence electrons. The van der Waals surface area contributed by atoms with Crippen LogP contribution in [0.2, 0.25) is 0 Å². The Hall–Kier alpha value is -1.04. The molecule has 3 N–H and O–H groups in total. The molecule has 1 aliphatic rings. The molecule has 15 heavy (non-hydrogen) atoms. The van der Waals surface area contributed by atoms with E-state index in [2.05, 4.69) is 4.65 Å². The first-order valence-electron chi connectivity index (χ1n) is 4.90. The van der Waals surface area contributed by atoms with Crippen molar-refractivity contribution in [2.45, 2.75) is 18.3 Å². The maximum Gasteiger partial charge on any atom is 0.707 e. The topological polar surface area (TPSA) is 69.9 Å². The van der Waals surface area contributed by atoms with E-state index in [4.69, 9.17) is 10.0 Å². The van der Waals surface area contributed by atoms with Gasteiger partial charge in [0.2, 0.25) is 0 Å². The van der Waals surface area contributed by atoms with Crippen LogP contribution in [-0.2, 0) is 5.41 Å². The molecule has 2 rings (SSSR count). The van der Waals surface area contributed by atoms with Gasteiger partial charge in [-0.05, 0) is 30.5 Å². The molecule has 1 fully saturated rings. The first-order chi connectivity index (χ1) is 7.16. The maximum absolute atomic E-state index is 9.21. The van der Waals surface area contributed by atoms with E-state index >= 15 is 0 Å². The number of aliphatic hydroxyl groups excluding tert-OH is 1. The predicted molar refractivity (Wildman–Crippen MR) is 55.3 cm³/mol. The second kappa shape index (κ2) is 3.85. The Morgan fingerprint density at radius 2 is 1.80 bits per heavy atom. The van der Waals surface area contributed by atoms with Crippen molar-refractivity contribution in [3.8, 4) is 5.75 Å². The van der Waals surface area contributed by atoms with Crippen molar-refractivity contribution in [3.05, 3.63) is 29.8 Å². The lowest BCUT2D eigenvalue weighted by Gasteiger charge is -2.12. The van der Waals surface area contributed by atoms with E-state index in [0.29, 0.717) is 5.75 Å². The Balaban J connectivity index is 2.10. The highest BCUT2D eigenvalue weighted by molar-refractivity contribution is 6.33. The fourth-order valence-corrected chi connectivity index (χ4v) is 1.70. The molecule has 5 heteroatoms. The van der Waals surface area contributed by atoms with Gasteiger partial charge in [0, 0.05) is 5.41 Å². The summed E-state index contributed by atoms with van der Waals surface area (Å²) in [4.78, 5) is 0. The van der Waals surface area contributed by atoms with Crippen molar-refractivity contribution in [3.63, 3.8) is 0 Å². The van der Waals surface area contributed by atoms with Crippen LogP contribution >= 0.6 is 0 Å². The molecule has 0 atom stereocenters. The minimum absolute atomic E-state index is 0.0592. The van der Waals surface area contributed by atoms with E-state index in [1.165, 1.54) is 0 Å². The molecular weight excluding hydrogens is 195 g/mol. The third-order valence-corrected chi connectivity index (χ3v) is 2.86. The Morgan fingerprint density at radius 3 is 2.20 bits per heavy atom. The smallest absolute Gasteiger partial charge is 0.512 e. The van der Waals surface area contributed by atoms with Gasteiger partial charge in [-0.25, -0.2) is 0 Å². The zero-order valence-corrected chi connectivity index (χ0v) is 8.26. The lowest BCUT2D eigenvalue weighted by molar-refractivity contribution is 0.255. The Morgan fingerprint density at radius 1 is 1.20 bits per heavy atom. The number of benzene rings is 1. The average Bonchev–Trinajstić information content (AvgIpc) is 2.99. The van der Waals surface area contributed by atoms with E-state index < -0.39 is 7.32 Å². The van der Waals surface area contributed by atoms with Crippen LogP contribution in [0.3, 0.4) is 0 Å². The molecule has 0 saturated heterocycles. The molecular formula is C10H13BO4. The maximum atomic E-state index is 9.21. The van der Waals surface area contributed by atoms with Crippen molar-refractivity contribution in [1.82, 2.24) is 0 Å². The summed E-state index contributed by atoms with van der Waals surface area (Å²) >= 11 is 0. The van der Waals surface area contributed by atoms with Gasteiger partial charge in [0.25, 0.3) is 0 Å². The van der Waals surface area contributed by atoms with Gasteiger partial charge in [-0.2, -0.15) is 0 Å². The molecule has 0 aromatic heterocycles. The van der Waals surface area contributed by atoms with E-state index in [9.17, 15) is 5.11 Å². The molecule has 0 unspecified atom stereocenters. The molecule has 1 saturated carbocycles. The summed E-state index contributed by atoms with van der Waals surface area (Å²) in [6.07, 6.45) is 2.01. The molecule has 0 heterocycles. The summed E-state index contributed by atoms with van der Waals surface area (Å²) in [5.74, 6) is 0.405. The molecule has 0 bridgehead atoms. The van der Waals surface area contributed by atoms with Crippen LogP contribution in [0.15, 0.2) is 24.3 Å². The first kappa shape index (κ1) is 10.5.